The number of amides is 4. The van der Waals surface area contributed by atoms with Gasteiger partial charge in [-0.2, -0.15) is 0 Å². The molecule has 0 aliphatic carbocycles. The topological polar surface area (TPSA) is 91.0 Å². The van der Waals surface area contributed by atoms with Gasteiger partial charge >= 0.3 is 6.03 Å². The van der Waals surface area contributed by atoms with Crippen molar-refractivity contribution in [1.82, 2.24) is 15.5 Å². The Balaban J connectivity index is 1.65. The third-order valence-electron chi connectivity index (χ3n) is 5.66. The van der Waals surface area contributed by atoms with Gasteiger partial charge in [-0.05, 0) is 31.5 Å². The number of hydrogen-bond donors (Lipinski definition) is 2. The summed E-state index contributed by atoms with van der Waals surface area (Å²) in [6, 6.07) is 4.01. The fourth-order valence-corrected chi connectivity index (χ4v) is 4.38. The third kappa shape index (κ3) is 4.37. The van der Waals surface area contributed by atoms with Gasteiger partial charge < -0.3 is 19.9 Å². The zero-order valence-corrected chi connectivity index (χ0v) is 18.0. The fourth-order valence-electron chi connectivity index (χ4n) is 4.21. The van der Waals surface area contributed by atoms with E-state index >= 15 is 0 Å². The lowest BCUT2D eigenvalue weighted by atomic mass is 9.87. The number of piperazine rings is 1. The smallest absolute Gasteiger partial charge is 0.322 e. The molecule has 10 heteroatoms. The molecule has 4 amide bonds. The zero-order valence-electron chi connectivity index (χ0n) is 17.2. The second-order valence-electron chi connectivity index (χ2n) is 7.95. The van der Waals surface area contributed by atoms with Crippen molar-refractivity contribution in [3.05, 3.63) is 29.0 Å². The fraction of sp³-hybridized carbons (Fsp3) is 0.550. The monoisotopic (exact) mass is 440 g/mol. The number of hydrogen-bond acceptors (Lipinski definition) is 5. The highest BCUT2D eigenvalue weighted by molar-refractivity contribution is 6.31. The highest BCUT2D eigenvalue weighted by Gasteiger charge is 2.48. The molecule has 0 aromatic heterocycles. The molecule has 2 saturated heterocycles. The molecule has 30 heavy (non-hydrogen) atoms. The lowest BCUT2D eigenvalue weighted by molar-refractivity contribution is -0.137. The largest absolute Gasteiger partial charge is 0.382 e. The summed E-state index contributed by atoms with van der Waals surface area (Å²) in [6.07, 6.45) is 0.138. The molecule has 1 unspecified atom stereocenters. The molecule has 3 rings (SSSR count). The van der Waals surface area contributed by atoms with Crippen LogP contribution in [-0.4, -0.2) is 67.7 Å². The maximum absolute atomic E-state index is 13.5. The highest BCUT2D eigenvalue weighted by atomic mass is 35.5. The number of halogens is 2. The molecule has 2 fully saturated rings. The molecule has 3 atom stereocenters. The summed E-state index contributed by atoms with van der Waals surface area (Å²) in [5.41, 5.74) is -0.447. The Labute approximate surface area is 179 Å². The number of nitrogens with zero attached hydrogens (tertiary/aromatic N) is 2. The summed E-state index contributed by atoms with van der Waals surface area (Å²) in [6.45, 7) is 5.25. The van der Waals surface area contributed by atoms with Gasteiger partial charge in [0.15, 0.2) is 0 Å². The van der Waals surface area contributed by atoms with E-state index in [4.69, 9.17) is 16.3 Å². The second-order valence-corrected chi connectivity index (χ2v) is 8.36. The maximum atomic E-state index is 13.5. The summed E-state index contributed by atoms with van der Waals surface area (Å²) in [5.74, 6) is -1.55. The summed E-state index contributed by atoms with van der Waals surface area (Å²) in [7, 11) is 1.44. The SMILES string of the molecule is COC[C@]1(CC(C)C(=O)N2CCN(c3ccc(F)c(Cl)c3)[C@@H](C)C2)NC(=O)NC1=O. The van der Waals surface area contributed by atoms with Gasteiger partial charge in [0.1, 0.15) is 11.4 Å². The third-order valence-corrected chi connectivity index (χ3v) is 5.95. The van der Waals surface area contributed by atoms with Crippen molar-refractivity contribution in [3.8, 4) is 0 Å². The Kier molecular flexibility index (Phi) is 6.52. The van der Waals surface area contributed by atoms with Crippen molar-refractivity contribution >= 4 is 35.1 Å². The number of methoxy groups -OCH3 is 1. The van der Waals surface area contributed by atoms with Crippen LogP contribution >= 0.6 is 11.6 Å². The van der Waals surface area contributed by atoms with Gasteiger partial charge in [0.2, 0.25) is 5.91 Å². The van der Waals surface area contributed by atoms with E-state index in [2.05, 4.69) is 15.5 Å². The van der Waals surface area contributed by atoms with Gasteiger partial charge in [-0.1, -0.05) is 18.5 Å². The Morgan fingerprint density at radius 2 is 2.13 bits per heavy atom. The van der Waals surface area contributed by atoms with Gasteiger partial charge in [0.05, 0.1) is 11.6 Å². The minimum atomic E-state index is -1.25. The second kappa shape index (κ2) is 8.77. The number of imide groups is 1. The van der Waals surface area contributed by atoms with Crippen LogP contribution in [0.4, 0.5) is 14.9 Å². The van der Waals surface area contributed by atoms with Crippen molar-refractivity contribution in [3.63, 3.8) is 0 Å². The summed E-state index contributed by atoms with van der Waals surface area (Å²) in [4.78, 5) is 40.8. The lowest BCUT2D eigenvalue weighted by Crippen LogP contribution is -2.57. The molecule has 164 valence electrons. The Bertz CT molecular complexity index is 854. The van der Waals surface area contributed by atoms with E-state index in [0.29, 0.717) is 19.6 Å². The average molecular weight is 441 g/mol. The van der Waals surface area contributed by atoms with Gasteiger partial charge in [0.25, 0.3) is 5.91 Å². The predicted molar refractivity (Wildman–Crippen MR) is 110 cm³/mol. The van der Waals surface area contributed by atoms with Crippen LogP contribution in [0.25, 0.3) is 0 Å². The molecule has 0 radical (unpaired) electrons. The first-order valence-electron chi connectivity index (χ1n) is 9.80. The van der Waals surface area contributed by atoms with Crippen LogP contribution in [0.2, 0.25) is 5.02 Å². The zero-order chi connectivity index (χ0) is 22.1. The van der Waals surface area contributed by atoms with E-state index < -0.39 is 29.2 Å². The number of carbonyl (C=O) groups excluding carboxylic acids is 3. The first-order valence-corrected chi connectivity index (χ1v) is 10.2. The summed E-state index contributed by atoms with van der Waals surface area (Å²) >= 11 is 5.90. The molecule has 2 aliphatic rings. The van der Waals surface area contributed by atoms with Crippen molar-refractivity contribution in [2.24, 2.45) is 5.92 Å². The van der Waals surface area contributed by atoms with Gasteiger partial charge in [0, 0.05) is 44.4 Å². The van der Waals surface area contributed by atoms with Crippen LogP contribution in [-0.2, 0) is 14.3 Å². The lowest BCUT2D eigenvalue weighted by Gasteiger charge is -2.42. The predicted octanol–water partition coefficient (Wildman–Crippen LogP) is 1.77. The molecule has 8 nitrogen and oxygen atoms in total. The van der Waals surface area contributed by atoms with Crippen molar-refractivity contribution in [2.75, 3.05) is 38.3 Å². The van der Waals surface area contributed by atoms with Crippen LogP contribution in [0.15, 0.2) is 18.2 Å². The van der Waals surface area contributed by atoms with E-state index in [1.54, 1.807) is 24.0 Å². The van der Waals surface area contributed by atoms with Crippen LogP contribution in [0, 0.1) is 11.7 Å². The quantitative estimate of drug-likeness (QED) is 0.658. The van der Waals surface area contributed by atoms with E-state index in [0.717, 1.165) is 5.69 Å². The molecule has 2 aliphatic heterocycles. The molecule has 2 heterocycles. The minimum Gasteiger partial charge on any atom is -0.382 e. The van der Waals surface area contributed by atoms with Crippen LogP contribution in [0.5, 0.6) is 0 Å². The first kappa shape index (κ1) is 22.3. The van der Waals surface area contributed by atoms with Crippen molar-refractivity contribution in [2.45, 2.75) is 31.8 Å². The number of rotatable bonds is 6. The van der Waals surface area contributed by atoms with E-state index in [1.807, 2.05) is 6.92 Å². The summed E-state index contributed by atoms with van der Waals surface area (Å²) in [5, 5.41) is 4.89. The van der Waals surface area contributed by atoms with E-state index in [9.17, 15) is 18.8 Å². The molecular weight excluding hydrogens is 415 g/mol. The number of carbonyl (C=O) groups is 3. The molecule has 0 saturated carbocycles. The Hall–Kier alpha value is -2.39. The standard InChI is InChI=1S/C20H26ClFN4O4/c1-12(9-20(11-30-3)18(28)23-19(29)24-20)17(27)25-6-7-26(13(2)10-25)14-4-5-16(22)15(21)8-14/h4-5,8,12-13H,6-7,9-11H2,1-3H3,(H2,23,24,28,29)/t12?,13-,20-/m0/s1. The Morgan fingerprint density at radius 1 is 1.40 bits per heavy atom. The summed E-state index contributed by atoms with van der Waals surface area (Å²) < 4.78 is 18.6. The molecule has 2 N–H and O–H groups in total. The van der Waals surface area contributed by atoms with E-state index in [-0.39, 0.29) is 30.0 Å². The van der Waals surface area contributed by atoms with Gasteiger partial charge in [-0.15, -0.1) is 0 Å². The van der Waals surface area contributed by atoms with Gasteiger partial charge in [-0.3, -0.25) is 14.9 Å². The number of nitrogens with one attached hydrogen (secondary N) is 2. The molecule has 1 aromatic carbocycles. The van der Waals surface area contributed by atoms with Crippen LogP contribution in [0.3, 0.4) is 0 Å². The number of benzene rings is 1. The average Bonchev–Trinajstić information content (AvgIpc) is 2.96. The Morgan fingerprint density at radius 3 is 2.70 bits per heavy atom. The number of ether oxygens (including phenoxy) is 1. The first-order chi connectivity index (χ1) is 14.2. The number of anilines is 1. The molecular formula is C20H26ClFN4O4. The number of urea groups is 1. The molecule has 1 aromatic rings. The van der Waals surface area contributed by atoms with Gasteiger partial charge in [-0.25, -0.2) is 9.18 Å². The molecule has 0 spiro atoms. The van der Waals surface area contributed by atoms with Crippen LogP contribution in [0.1, 0.15) is 20.3 Å². The van der Waals surface area contributed by atoms with Crippen LogP contribution < -0.4 is 15.5 Å². The highest BCUT2D eigenvalue weighted by Crippen LogP contribution is 2.28. The van der Waals surface area contributed by atoms with Crippen molar-refractivity contribution < 1.29 is 23.5 Å². The van der Waals surface area contributed by atoms with E-state index in [1.165, 1.54) is 13.2 Å². The normalized spacial score (nSPS) is 25.2. The minimum absolute atomic E-state index is 0.00107. The molecule has 0 bridgehead atoms. The maximum Gasteiger partial charge on any atom is 0.322 e. The van der Waals surface area contributed by atoms with Crippen molar-refractivity contribution in [1.29, 1.82) is 0 Å².